The number of rotatable bonds is 3. The summed E-state index contributed by atoms with van der Waals surface area (Å²) < 4.78 is 0. The number of aromatic nitrogens is 4. The molecule has 0 fully saturated rings. The molecule has 2 heterocycles. The van der Waals surface area contributed by atoms with Crippen LogP contribution in [-0.2, 0) is 0 Å². The van der Waals surface area contributed by atoms with Crippen LogP contribution in [0.25, 0.3) is 22.7 Å². The van der Waals surface area contributed by atoms with Crippen molar-refractivity contribution in [2.24, 2.45) is 0 Å². The van der Waals surface area contributed by atoms with Gasteiger partial charge in [-0.1, -0.05) is 36.4 Å². The highest BCUT2D eigenvalue weighted by Gasteiger charge is 2.15. The number of benzene rings is 2. The second kappa shape index (κ2) is 5.92. The molecule has 2 N–H and O–H groups in total. The Morgan fingerprint density at radius 1 is 0.917 bits per heavy atom. The number of carbonyl (C=O) groups excluding carboxylic acids is 1. The van der Waals surface area contributed by atoms with E-state index < -0.39 is 0 Å². The first kappa shape index (κ1) is 14.1. The Morgan fingerprint density at radius 2 is 1.67 bits per heavy atom. The predicted octanol–water partition coefficient (Wildman–Crippen LogP) is 3.27. The largest absolute Gasteiger partial charge is 0.322 e. The average Bonchev–Trinajstić information content (AvgIpc) is 3.06. The second-order valence-corrected chi connectivity index (χ2v) is 5.18. The molecule has 2 aromatic carbocycles. The van der Waals surface area contributed by atoms with Crippen molar-refractivity contribution in [1.29, 1.82) is 0 Å². The molecule has 0 spiro atoms. The molecular formula is C18H13N5O. The Labute approximate surface area is 137 Å². The molecule has 4 rings (SSSR count). The minimum Gasteiger partial charge on any atom is -0.322 e. The SMILES string of the molecule is O=C(Nc1ccccc1)c1ccccc1-c1nc2nccnc2[nH]1. The Hall–Kier alpha value is -3.54. The molecular weight excluding hydrogens is 302 g/mol. The fourth-order valence-electron chi connectivity index (χ4n) is 2.48. The van der Waals surface area contributed by atoms with Crippen molar-refractivity contribution < 1.29 is 4.79 Å². The molecule has 6 nitrogen and oxygen atoms in total. The standard InChI is InChI=1S/C18H13N5O/c24-18(21-12-6-2-1-3-7-12)14-9-5-4-8-13(14)15-22-16-17(23-15)20-11-10-19-16/h1-11H,(H,21,24)(H,19,20,22,23). The van der Waals surface area contributed by atoms with Crippen LogP contribution in [0.1, 0.15) is 10.4 Å². The van der Waals surface area contributed by atoms with Crippen molar-refractivity contribution in [2.75, 3.05) is 5.32 Å². The fraction of sp³-hybridized carbons (Fsp3) is 0. The molecule has 0 saturated heterocycles. The first-order valence-electron chi connectivity index (χ1n) is 7.44. The van der Waals surface area contributed by atoms with Crippen molar-refractivity contribution in [2.45, 2.75) is 0 Å². The molecule has 2 aromatic heterocycles. The number of hydrogen-bond acceptors (Lipinski definition) is 4. The molecule has 0 radical (unpaired) electrons. The van der Waals surface area contributed by atoms with Gasteiger partial charge in [-0.15, -0.1) is 0 Å². The topological polar surface area (TPSA) is 83.6 Å². The van der Waals surface area contributed by atoms with Crippen molar-refractivity contribution in [1.82, 2.24) is 19.9 Å². The summed E-state index contributed by atoms with van der Waals surface area (Å²) in [6, 6.07) is 16.6. The highest BCUT2D eigenvalue weighted by molar-refractivity contribution is 6.08. The molecule has 116 valence electrons. The average molecular weight is 315 g/mol. The number of aromatic amines is 1. The molecule has 1 amide bonds. The summed E-state index contributed by atoms with van der Waals surface area (Å²) in [7, 11) is 0. The van der Waals surface area contributed by atoms with E-state index in [1.54, 1.807) is 18.5 Å². The van der Waals surface area contributed by atoms with Crippen molar-refractivity contribution >= 4 is 22.9 Å². The molecule has 0 atom stereocenters. The molecule has 0 saturated carbocycles. The van der Waals surface area contributed by atoms with Crippen molar-refractivity contribution in [3.63, 3.8) is 0 Å². The molecule has 6 heteroatoms. The van der Waals surface area contributed by atoms with Crippen molar-refractivity contribution in [3.8, 4) is 11.4 Å². The number of carbonyl (C=O) groups is 1. The number of hydrogen-bond donors (Lipinski definition) is 2. The number of para-hydroxylation sites is 1. The maximum atomic E-state index is 12.6. The van der Waals surface area contributed by atoms with Crippen LogP contribution in [-0.4, -0.2) is 25.8 Å². The van der Waals surface area contributed by atoms with Gasteiger partial charge in [0.1, 0.15) is 5.82 Å². The van der Waals surface area contributed by atoms with E-state index in [9.17, 15) is 4.79 Å². The number of nitrogens with zero attached hydrogens (tertiary/aromatic N) is 3. The minimum atomic E-state index is -0.196. The predicted molar refractivity (Wildman–Crippen MR) is 91.5 cm³/mol. The van der Waals surface area contributed by atoms with E-state index in [4.69, 9.17) is 0 Å². The van der Waals surface area contributed by atoms with Crippen LogP contribution in [0.5, 0.6) is 0 Å². The van der Waals surface area contributed by atoms with Crippen LogP contribution in [0.2, 0.25) is 0 Å². The van der Waals surface area contributed by atoms with Gasteiger partial charge < -0.3 is 10.3 Å². The first-order chi connectivity index (χ1) is 11.8. The van der Waals surface area contributed by atoms with Gasteiger partial charge in [0.15, 0.2) is 11.3 Å². The van der Waals surface area contributed by atoms with Crippen LogP contribution in [0, 0.1) is 0 Å². The summed E-state index contributed by atoms with van der Waals surface area (Å²) in [5.41, 5.74) is 3.08. The van der Waals surface area contributed by atoms with Crippen LogP contribution in [0.4, 0.5) is 5.69 Å². The summed E-state index contributed by atoms with van der Waals surface area (Å²) in [5, 5.41) is 2.89. The van der Waals surface area contributed by atoms with Gasteiger partial charge in [-0.3, -0.25) is 4.79 Å². The van der Waals surface area contributed by atoms with Gasteiger partial charge in [-0.2, -0.15) is 0 Å². The highest BCUT2D eigenvalue weighted by Crippen LogP contribution is 2.23. The van der Waals surface area contributed by atoms with E-state index in [0.29, 0.717) is 28.2 Å². The Bertz CT molecular complexity index is 977. The van der Waals surface area contributed by atoms with Crippen LogP contribution in [0.3, 0.4) is 0 Å². The van der Waals surface area contributed by atoms with E-state index >= 15 is 0 Å². The van der Waals surface area contributed by atoms with E-state index in [2.05, 4.69) is 25.3 Å². The zero-order valence-corrected chi connectivity index (χ0v) is 12.6. The molecule has 0 aliphatic rings. The second-order valence-electron chi connectivity index (χ2n) is 5.18. The van der Waals surface area contributed by atoms with E-state index in [1.807, 2.05) is 48.5 Å². The summed E-state index contributed by atoms with van der Waals surface area (Å²) >= 11 is 0. The normalized spacial score (nSPS) is 10.7. The van der Waals surface area contributed by atoms with Crippen LogP contribution >= 0.6 is 0 Å². The lowest BCUT2D eigenvalue weighted by atomic mass is 10.1. The van der Waals surface area contributed by atoms with Gasteiger partial charge in [0.2, 0.25) is 0 Å². The van der Waals surface area contributed by atoms with Gasteiger partial charge in [-0.05, 0) is 18.2 Å². The van der Waals surface area contributed by atoms with Crippen LogP contribution in [0.15, 0.2) is 67.0 Å². The van der Waals surface area contributed by atoms with Gasteiger partial charge in [0, 0.05) is 23.6 Å². The monoisotopic (exact) mass is 315 g/mol. The third kappa shape index (κ3) is 2.61. The lowest BCUT2D eigenvalue weighted by molar-refractivity contribution is 0.102. The Morgan fingerprint density at radius 3 is 2.50 bits per heavy atom. The quantitative estimate of drug-likeness (QED) is 0.608. The lowest BCUT2D eigenvalue weighted by Gasteiger charge is -2.08. The molecule has 0 bridgehead atoms. The zero-order chi connectivity index (χ0) is 16.4. The first-order valence-corrected chi connectivity index (χ1v) is 7.44. The van der Waals surface area contributed by atoms with E-state index in [0.717, 1.165) is 5.69 Å². The van der Waals surface area contributed by atoms with Crippen LogP contribution < -0.4 is 5.32 Å². The lowest BCUT2D eigenvalue weighted by Crippen LogP contribution is -2.13. The maximum absolute atomic E-state index is 12.6. The van der Waals surface area contributed by atoms with Gasteiger partial charge >= 0.3 is 0 Å². The fourth-order valence-corrected chi connectivity index (χ4v) is 2.48. The van der Waals surface area contributed by atoms with Gasteiger partial charge in [0.25, 0.3) is 5.91 Å². The zero-order valence-electron chi connectivity index (χ0n) is 12.6. The highest BCUT2D eigenvalue weighted by atomic mass is 16.1. The third-order valence-corrected chi connectivity index (χ3v) is 3.59. The van der Waals surface area contributed by atoms with Gasteiger partial charge in [-0.25, -0.2) is 15.0 Å². The Balaban J connectivity index is 1.73. The molecule has 24 heavy (non-hydrogen) atoms. The molecule has 4 aromatic rings. The Kier molecular flexibility index (Phi) is 3.47. The number of fused-ring (bicyclic) bond motifs is 1. The molecule has 0 aliphatic heterocycles. The summed E-state index contributed by atoms with van der Waals surface area (Å²) in [6.07, 6.45) is 3.18. The number of H-pyrrole nitrogens is 1. The molecule has 0 unspecified atom stereocenters. The number of amides is 1. The number of nitrogens with one attached hydrogen (secondary N) is 2. The van der Waals surface area contributed by atoms with Gasteiger partial charge in [0.05, 0.1) is 5.56 Å². The summed E-state index contributed by atoms with van der Waals surface area (Å²) in [6.45, 7) is 0. The third-order valence-electron chi connectivity index (χ3n) is 3.59. The van der Waals surface area contributed by atoms with E-state index in [1.165, 1.54) is 0 Å². The number of imidazole rings is 1. The number of anilines is 1. The maximum Gasteiger partial charge on any atom is 0.256 e. The minimum absolute atomic E-state index is 0.196. The molecule has 0 aliphatic carbocycles. The smallest absolute Gasteiger partial charge is 0.256 e. The summed E-state index contributed by atoms with van der Waals surface area (Å²) in [5.74, 6) is 0.369. The van der Waals surface area contributed by atoms with Crippen molar-refractivity contribution in [3.05, 3.63) is 72.6 Å². The van der Waals surface area contributed by atoms with E-state index in [-0.39, 0.29) is 5.91 Å². The summed E-state index contributed by atoms with van der Waals surface area (Å²) in [4.78, 5) is 28.5.